The van der Waals surface area contributed by atoms with E-state index in [1.54, 1.807) is 13.0 Å². The van der Waals surface area contributed by atoms with Crippen molar-refractivity contribution >= 4 is 23.4 Å². The van der Waals surface area contributed by atoms with Gasteiger partial charge in [0, 0.05) is 24.9 Å². The van der Waals surface area contributed by atoms with Gasteiger partial charge in [0.25, 0.3) is 0 Å². The zero-order chi connectivity index (χ0) is 19.9. The Labute approximate surface area is 164 Å². The van der Waals surface area contributed by atoms with Crippen LogP contribution in [0.4, 0.5) is 16.3 Å². The summed E-state index contributed by atoms with van der Waals surface area (Å²) in [5.74, 6) is 0.585. The first-order chi connectivity index (χ1) is 13.5. The summed E-state index contributed by atoms with van der Waals surface area (Å²) in [4.78, 5) is 26.8. The van der Waals surface area contributed by atoms with Gasteiger partial charge in [0.05, 0.1) is 6.10 Å². The molecule has 0 bridgehead atoms. The zero-order valence-electron chi connectivity index (χ0n) is 16.2. The topological polar surface area (TPSA) is 96.7 Å². The molecule has 2 aromatic rings. The number of ether oxygens (including phenoxy) is 1. The second-order valence-corrected chi connectivity index (χ2v) is 6.83. The number of benzene rings is 1. The molecule has 1 aliphatic heterocycles. The van der Waals surface area contributed by atoms with Crippen LogP contribution >= 0.6 is 0 Å². The Hall–Kier alpha value is -2.87. The minimum absolute atomic E-state index is 0.0609. The molecule has 8 heteroatoms. The summed E-state index contributed by atoms with van der Waals surface area (Å²) in [5.41, 5.74) is 1.79. The van der Waals surface area contributed by atoms with Crippen molar-refractivity contribution in [3.63, 3.8) is 0 Å². The summed E-state index contributed by atoms with van der Waals surface area (Å²) in [6.45, 7) is 4.70. The molecule has 1 aromatic carbocycles. The molecule has 1 aliphatic rings. The van der Waals surface area contributed by atoms with Crippen LogP contribution in [0.2, 0.25) is 0 Å². The number of aryl methyl sites for hydroxylation is 2. The van der Waals surface area contributed by atoms with E-state index >= 15 is 0 Å². The normalized spacial score (nSPS) is 16.0. The van der Waals surface area contributed by atoms with Gasteiger partial charge >= 0.3 is 6.03 Å². The zero-order valence-corrected chi connectivity index (χ0v) is 16.2. The minimum Gasteiger partial charge on any atom is -0.376 e. The molecule has 8 nitrogen and oxygen atoms in total. The highest BCUT2D eigenvalue weighted by Crippen LogP contribution is 2.18. The van der Waals surface area contributed by atoms with Crippen LogP contribution in [0.15, 0.2) is 34.9 Å². The van der Waals surface area contributed by atoms with Crippen LogP contribution in [0.3, 0.4) is 0 Å². The number of hydrogen-bond donors (Lipinski definition) is 2. The molecule has 0 spiro atoms. The Kier molecular flexibility index (Phi) is 6.65. The molecule has 150 valence electrons. The average Bonchev–Trinajstić information content (AvgIpc) is 3.33. The van der Waals surface area contributed by atoms with Gasteiger partial charge in [-0.15, -0.1) is 0 Å². The summed E-state index contributed by atoms with van der Waals surface area (Å²) in [6.07, 6.45) is 2.57. The third-order valence-electron chi connectivity index (χ3n) is 4.61. The molecule has 0 radical (unpaired) electrons. The van der Waals surface area contributed by atoms with Crippen molar-refractivity contribution in [1.29, 1.82) is 0 Å². The number of urea groups is 1. The Morgan fingerprint density at radius 2 is 2.11 bits per heavy atom. The number of carbonyl (C=O) groups is 2. The Balaban J connectivity index is 1.68. The van der Waals surface area contributed by atoms with Gasteiger partial charge in [-0.3, -0.25) is 4.79 Å². The molecule has 28 heavy (non-hydrogen) atoms. The number of nitrogens with one attached hydrogen (secondary N) is 2. The van der Waals surface area contributed by atoms with Crippen molar-refractivity contribution in [1.82, 2.24) is 10.1 Å². The minimum atomic E-state index is -0.342. The highest BCUT2D eigenvalue weighted by Gasteiger charge is 2.25. The van der Waals surface area contributed by atoms with Crippen molar-refractivity contribution in [2.24, 2.45) is 0 Å². The Morgan fingerprint density at radius 3 is 2.79 bits per heavy atom. The number of hydrogen-bond acceptors (Lipinski definition) is 5. The van der Waals surface area contributed by atoms with E-state index in [9.17, 15) is 9.59 Å². The number of amides is 3. The molecular weight excluding hydrogens is 360 g/mol. The van der Waals surface area contributed by atoms with E-state index in [0.29, 0.717) is 24.7 Å². The van der Waals surface area contributed by atoms with Crippen LogP contribution in [0.1, 0.15) is 31.1 Å². The summed E-state index contributed by atoms with van der Waals surface area (Å²) in [5, 5.41) is 9.33. The highest BCUT2D eigenvalue weighted by molar-refractivity contribution is 5.96. The first-order valence-electron chi connectivity index (χ1n) is 9.53. The molecule has 0 aliphatic carbocycles. The quantitative estimate of drug-likeness (QED) is 0.762. The van der Waals surface area contributed by atoms with Gasteiger partial charge in [-0.05, 0) is 37.8 Å². The number of carbonyl (C=O) groups excluding carboxylic acids is 2. The van der Waals surface area contributed by atoms with Crippen LogP contribution < -0.4 is 10.6 Å². The predicted octanol–water partition coefficient (Wildman–Crippen LogP) is 3.20. The molecule has 1 saturated heterocycles. The third kappa shape index (κ3) is 5.32. The lowest BCUT2D eigenvalue weighted by atomic mass is 10.1. The van der Waals surface area contributed by atoms with Crippen molar-refractivity contribution in [2.45, 2.75) is 39.2 Å². The van der Waals surface area contributed by atoms with Gasteiger partial charge in [-0.2, -0.15) is 0 Å². The number of aromatic nitrogens is 1. The van der Waals surface area contributed by atoms with E-state index in [2.05, 4.69) is 15.8 Å². The molecule has 1 fully saturated rings. The molecular formula is C20H26N4O4. The van der Waals surface area contributed by atoms with Gasteiger partial charge < -0.3 is 24.8 Å². The van der Waals surface area contributed by atoms with Crippen LogP contribution in [0.5, 0.6) is 0 Å². The predicted molar refractivity (Wildman–Crippen MR) is 105 cm³/mol. The van der Waals surface area contributed by atoms with Gasteiger partial charge in [0.15, 0.2) is 5.82 Å². The monoisotopic (exact) mass is 386 g/mol. The van der Waals surface area contributed by atoms with Gasteiger partial charge in [0.2, 0.25) is 5.91 Å². The van der Waals surface area contributed by atoms with Crippen molar-refractivity contribution in [3.8, 4) is 0 Å². The van der Waals surface area contributed by atoms with Crippen LogP contribution in [-0.2, 0) is 16.0 Å². The lowest BCUT2D eigenvalue weighted by Crippen LogP contribution is -2.44. The van der Waals surface area contributed by atoms with Crippen molar-refractivity contribution in [3.05, 3.63) is 41.7 Å². The fourth-order valence-corrected chi connectivity index (χ4v) is 3.18. The van der Waals surface area contributed by atoms with E-state index in [1.807, 2.05) is 31.2 Å². The maximum atomic E-state index is 12.9. The first kappa shape index (κ1) is 19.9. The molecule has 1 aromatic heterocycles. The lowest BCUT2D eigenvalue weighted by Gasteiger charge is -2.25. The first-order valence-corrected chi connectivity index (χ1v) is 9.53. The molecule has 3 rings (SSSR count). The molecule has 1 atom stereocenters. The van der Waals surface area contributed by atoms with Crippen LogP contribution in [0.25, 0.3) is 0 Å². The molecule has 0 saturated carbocycles. The van der Waals surface area contributed by atoms with E-state index < -0.39 is 0 Å². The summed E-state index contributed by atoms with van der Waals surface area (Å²) in [6, 6.07) is 8.94. The van der Waals surface area contributed by atoms with Crippen molar-refractivity contribution in [2.75, 3.05) is 30.3 Å². The lowest BCUT2D eigenvalue weighted by molar-refractivity contribution is -0.117. The fraction of sp³-hybridized carbons (Fsp3) is 0.450. The third-order valence-corrected chi connectivity index (χ3v) is 4.61. The fourth-order valence-electron chi connectivity index (χ4n) is 3.18. The van der Waals surface area contributed by atoms with Crippen LogP contribution in [0, 0.1) is 6.92 Å². The standard InChI is InChI=1S/C20H26N4O4/c1-3-15-7-4-5-9-17(15)21-20(26)24(12-16-8-6-10-27-16)13-19(25)22-18-11-14(2)28-23-18/h4-5,7,9,11,16H,3,6,8,10,12-13H2,1-2H3,(H,21,26)(H,22,23,25). The van der Waals surface area contributed by atoms with Gasteiger partial charge in [-0.1, -0.05) is 30.3 Å². The molecule has 2 N–H and O–H groups in total. The number of anilines is 2. The second kappa shape index (κ2) is 9.36. The van der Waals surface area contributed by atoms with E-state index in [-0.39, 0.29) is 24.6 Å². The van der Waals surface area contributed by atoms with E-state index in [4.69, 9.17) is 9.26 Å². The maximum Gasteiger partial charge on any atom is 0.322 e. The smallest absolute Gasteiger partial charge is 0.322 e. The number of nitrogens with zero attached hydrogens (tertiary/aromatic N) is 2. The van der Waals surface area contributed by atoms with Crippen molar-refractivity contribution < 1.29 is 18.8 Å². The summed E-state index contributed by atoms with van der Waals surface area (Å²) >= 11 is 0. The van der Waals surface area contributed by atoms with Gasteiger partial charge in [0.1, 0.15) is 12.3 Å². The van der Waals surface area contributed by atoms with Crippen LogP contribution in [-0.4, -0.2) is 47.8 Å². The Morgan fingerprint density at radius 1 is 1.29 bits per heavy atom. The molecule has 3 amide bonds. The molecule has 1 unspecified atom stereocenters. The summed E-state index contributed by atoms with van der Waals surface area (Å²) in [7, 11) is 0. The summed E-state index contributed by atoms with van der Waals surface area (Å²) < 4.78 is 10.6. The van der Waals surface area contributed by atoms with E-state index in [1.165, 1.54) is 4.90 Å². The molecule has 2 heterocycles. The Bertz CT molecular complexity index is 814. The van der Waals surface area contributed by atoms with E-state index in [0.717, 1.165) is 30.5 Å². The largest absolute Gasteiger partial charge is 0.376 e. The SMILES string of the molecule is CCc1ccccc1NC(=O)N(CC(=O)Nc1cc(C)on1)CC1CCCO1. The van der Waals surface area contributed by atoms with Gasteiger partial charge in [-0.25, -0.2) is 4.79 Å². The highest BCUT2D eigenvalue weighted by atomic mass is 16.5. The maximum absolute atomic E-state index is 12.9. The number of para-hydroxylation sites is 1. The second-order valence-electron chi connectivity index (χ2n) is 6.83. The number of rotatable bonds is 7. The average molecular weight is 386 g/mol.